The Morgan fingerprint density at radius 1 is 1.65 bits per heavy atom. The van der Waals surface area contributed by atoms with E-state index in [1.165, 1.54) is 0 Å². The molecule has 0 bridgehead atoms. The normalized spacial score (nSPS) is 23.1. The largest absolute Gasteiger partial charge is 0.311 e. The molecule has 2 heterocycles. The zero-order valence-corrected chi connectivity index (χ0v) is 11.3. The van der Waals surface area contributed by atoms with E-state index in [9.17, 15) is 8.42 Å². The molecule has 0 aromatic carbocycles. The summed E-state index contributed by atoms with van der Waals surface area (Å²) in [6.07, 6.45) is 2.49. The SMILES string of the molecule is Cc1nn(CCNC2CCS(=O)(=O)C2)cc1Cl. The number of sulfone groups is 1. The first kappa shape index (κ1) is 12.9. The lowest BCUT2D eigenvalue weighted by atomic mass is 10.3. The lowest BCUT2D eigenvalue weighted by Crippen LogP contribution is -2.32. The van der Waals surface area contributed by atoms with Crippen LogP contribution in [0.3, 0.4) is 0 Å². The molecule has 1 fully saturated rings. The van der Waals surface area contributed by atoms with Crippen LogP contribution in [0.25, 0.3) is 0 Å². The van der Waals surface area contributed by atoms with E-state index in [1.807, 2.05) is 6.92 Å². The molecule has 1 aliphatic rings. The highest BCUT2D eigenvalue weighted by molar-refractivity contribution is 7.91. The number of aromatic nitrogens is 2. The van der Waals surface area contributed by atoms with Crippen LogP contribution >= 0.6 is 11.6 Å². The van der Waals surface area contributed by atoms with Crippen LogP contribution in [0.2, 0.25) is 5.02 Å². The number of hydrogen-bond donors (Lipinski definition) is 1. The maximum absolute atomic E-state index is 11.2. The third-order valence-corrected chi connectivity index (χ3v) is 5.03. The maximum Gasteiger partial charge on any atom is 0.151 e. The average molecular weight is 278 g/mol. The van der Waals surface area contributed by atoms with Gasteiger partial charge in [-0.3, -0.25) is 4.68 Å². The summed E-state index contributed by atoms with van der Waals surface area (Å²) in [5.74, 6) is 0.559. The Labute approximate surface area is 106 Å². The number of hydrogen-bond acceptors (Lipinski definition) is 4. The third-order valence-electron chi connectivity index (χ3n) is 2.89. The van der Waals surface area contributed by atoms with Gasteiger partial charge >= 0.3 is 0 Å². The predicted molar refractivity (Wildman–Crippen MR) is 67.0 cm³/mol. The molecule has 1 aromatic rings. The van der Waals surface area contributed by atoms with Crippen molar-refractivity contribution in [2.75, 3.05) is 18.1 Å². The minimum atomic E-state index is -2.80. The first-order valence-electron chi connectivity index (χ1n) is 5.60. The van der Waals surface area contributed by atoms with Crippen LogP contribution in [-0.2, 0) is 16.4 Å². The second-order valence-corrected chi connectivity index (χ2v) is 7.02. The molecular weight excluding hydrogens is 262 g/mol. The van der Waals surface area contributed by atoms with Crippen molar-refractivity contribution in [3.8, 4) is 0 Å². The maximum atomic E-state index is 11.2. The van der Waals surface area contributed by atoms with E-state index in [2.05, 4.69) is 10.4 Å². The summed E-state index contributed by atoms with van der Waals surface area (Å²) < 4.78 is 24.3. The molecule has 5 nitrogen and oxygen atoms in total. The van der Waals surface area contributed by atoms with E-state index in [0.29, 0.717) is 30.3 Å². The minimum absolute atomic E-state index is 0.0899. The number of halogens is 1. The molecule has 17 heavy (non-hydrogen) atoms. The van der Waals surface area contributed by atoms with Gasteiger partial charge in [0.25, 0.3) is 0 Å². The molecular formula is C10H16ClN3O2S. The third kappa shape index (κ3) is 3.43. The van der Waals surface area contributed by atoms with Crippen LogP contribution in [0.5, 0.6) is 0 Å². The van der Waals surface area contributed by atoms with E-state index >= 15 is 0 Å². The Hall–Kier alpha value is -0.590. The quantitative estimate of drug-likeness (QED) is 0.876. The van der Waals surface area contributed by atoms with Crippen LogP contribution < -0.4 is 5.32 Å². The summed E-state index contributed by atoms with van der Waals surface area (Å²) in [7, 11) is -2.80. The van der Waals surface area contributed by atoms with Gasteiger partial charge in [-0.15, -0.1) is 0 Å². The zero-order chi connectivity index (χ0) is 12.5. The second-order valence-electron chi connectivity index (χ2n) is 4.38. The lowest BCUT2D eigenvalue weighted by Gasteiger charge is -2.10. The highest BCUT2D eigenvalue weighted by atomic mass is 35.5. The molecule has 0 spiro atoms. The van der Waals surface area contributed by atoms with Crippen molar-refractivity contribution < 1.29 is 8.42 Å². The highest BCUT2D eigenvalue weighted by Gasteiger charge is 2.26. The van der Waals surface area contributed by atoms with E-state index < -0.39 is 9.84 Å². The average Bonchev–Trinajstić information content (AvgIpc) is 2.72. The van der Waals surface area contributed by atoms with Crippen LogP contribution in [0.4, 0.5) is 0 Å². The lowest BCUT2D eigenvalue weighted by molar-refractivity contribution is 0.498. The molecule has 2 rings (SSSR count). The molecule has 1 aromatic heterocycles. The van der Waals surface area contributed by atoms with Crippen molar-refractivity contribution >= 4 is 21.4 Å². The van der Waals surface area contributed by atoms with Crippen molar-refractivity contribution in [1.82, 2.24) is 15.1 Å². The topological polar surface area (TPSA) is 64.0 Å². The zero-order valence-electron chi connectivity index (χ0n) is 9.69. The summed E-state index contributed by atoms with van der Waals surface area (Å²) in [4.78, 5) is 0. The van der Waals surface area contributed by atoms with E-state index in [0.717, 1.165) is 5.69 Å². The van der Waals surface area contributed by atoms with Gasteiger partial charge in [0.05, 0.1) is 28.8 Å². The predicted octanol–water partition coefficient (Wildman–Crippen LogP) is 0.622. The van der Waals surface area contributed by atoms with Crippen LogP contribution in [0.1, 0.15) is 12.1 Å². The fourth-order valence-electron chi connectivity index (χ4n) is 1.95. The Morgan fingerprint density at radius 3 is 2.94 bits per heavy atom. The Kier molecular flexibility index (Phi) is 3.75. The smallest absolute Gasteiger partial charge is 0.151 e. The van der Waals surface area contributed by atoms with Gasteiger partial charge in [-0.1, -0.05) is 11.6 Å². The second kappa shape index (κ2) is 4.96. The number of nitrogens with one attached hydrogen (secondary N) is 1. The molecule has 0 amide bonds. The summed E-state index contributed by atoms with van der Waals surface area (Å²) in [5, 5.41) is 8.12. The van der Waals surface area contributed by atoms with Gasteiger partial charge in [-0.05, 0) is 13.3 Å². The molecule has 1 unspecified atom stereocenters. The minimum Gasteiger partial charge on any atom is -0.311 e. The van der Waals surface area contributed by atoms with Gasteiger partial charge in [-0.2, -0.15) is 5.10 Å². The van der Waals surface area contributed by atoms with Crippen molar-refractivity contribution in [2.45, 2.75) is 25.9 Å². The fourth-order valence-corrected chi connectivity index (χ4v) is 3.81. The summed E-state index contributed by atoms with van der Waals surface area (Å²) in [6, 6.07) is 0.0899. The molecule has 1 atom stereocenters. The molecule has 1 N–H and O–H groups in total. The van der Waals surface area contributed by atoms with Gasteiger partial charge in [0.15, 0.2) is 9.84 Å². The van der Waals surface area contributed by atoms with E-state index in [-0.39, 0.29) is 11.8 Å². The fraction of sp³-hybridized carbons (Fsp3) is 0.700. The van der Waals surface area contributed by atoms with Crippen LogP contribution in [-0.4, -0.2) is 42.3 Å². The van der Waals surface area contributed by atoms with E-state index in [1.54, 1.807) is 10.9 Å². The first-order chi connectivity index (χ1) is 7.96. The Balaban J connectivity index is 1.77. The summed E-state index contributed by atoms with van der Waals surface area (Å²) in [6.45, 7) is 3.26. The van der Waals surface area contributed by atoms with Gasteiger partial charge in [0.2, 0.25) is 0 Å². The van der Waals surface area contributed by atoms with Gasteiger partial charge in [-0.25, -0.2) is 8.42 Å². The standard InChI is InChI=1S/C10H16ClN3O2S/c1-8-10(11)6-14(13-8)4-3-12-9-2-5-17(15,16)7-9/h6,9,12H,2-5,7H2,1H3. The molecule has 0 radical (unpaired) electrons. The molecule has 1 aliphatic heterocycles. The monoisotopic (exact) mass is 277 g/mol. The van der Waals surface area contributed by atoms with Gasteiger partial charge < -0.3 is 5.32 Å². The molecule has 0 saturated carbocycles. The van der Waals surface area contributed by atoms with Crippen molar-refractivity contribution in [3.05, 3.63) is 16.9 Å². The molecule has 7 heteroatoms. The van der Waals surface area contributed by atoms with Crippen molar-refractivity contribution in [3.63, 3.8) is 0 Å². The van der Waals surface area contributed by atoms with Gasteiger partial charge in [0.1, 0.15) is 0 Å². The first-order valence-corrected chi connectivity index (χ1v) is 7.79. The molecule has 96 valence electrons. The summed E-state index contributed by atoms with van der Waals surface area (Å²) in [5.41, 5.74) is 0.815. The Bertz CT molecular complexity index is 478. The summed E-state index contributed by atoms with van der Waals surface area (Å²) >= 11 is 5.89. The van der Waals surface area contributed by atoms with Crippen LogP contribution in [0, 0.1) is 6.92 Å². The highest BCUT2D eigenvalue weighted by Crippen LogP contribution is 2.12. The van der Waals surface area contributed by atoms with Crippen LogP contribution in [0.15, 0.2) is 6.20 Å². The van der Waals surface area contributed by atoms with Crippen molar-refractivity contribution in [2.24, 2.45) is 0 Å². The number of rotatable bonds is 4. The van der Waals surface area contributed by atoms with Gasteiger partial charge in [0, 0.05) is 18.8 Å². The van der Waals surface area contributed by atoms with E-state index in [4.69, 9.17) is 11.6 Å². The van der Waals surface area contributed by atoms with Crippen molar-refractivity contribution in [1.29, 1.82) is 0 Å². The number of aryl methyl sites for hydroxylation is 1. The number of nitrogens with zero attached hydrogens (tertiary/aromatic N) is 2. The Morgan fingerprint density at radius 2 is 2.41 bits per heavy atom. The molecule has 0 aliphatic carbocycles. The molecule has 1 saturated heterocycles.